The number of benzene rings is 1. The Morgan fingerprint density at radius 1 is 1.30 bits per heavy atom. The lowest BCUT2D eigenvalue weighted by molar-refractivity contribution is -0.123. The molecule has 0 saturated carbocycles. The first-order valence-electron chi connectivity index (χ1n) is 9.06. The molecule has 1 aliphatic heterocycles. The van der Waals surface area contributed by atoms with Crippen LogP contribution in [-0.2, 0) is 9.53 Å². The highest BCUT2D eigenvalue weighted by Gasteiger charge is 2.25. The number of furan rings is 1. The van der Waals surface area contributed by atoms with E-state index in [1.165, 1.54) is 0 Å². The van der Waals surface area contributed by atoms with Crippen molar-refractivity contribution in [3.8, 4) is 5.75 Å². The predicted molar refractivity (Wildman–Crippen MR) is 103 cm³/mol. The summed E-state index contributed by atoms with van der Waals surface area (Å²) in [6.45, 7) is 7.22. The Hall–Kier alpha value is -2.02. The smallest absolute Gasteiger partial charge is 0.258 e. The number of nitrogens with zero attached hydrogens (tertiary/aromatic N) is 1. The lowest BCUT2D eigenvalue weighted by Crippen LogP contribution is -2.44. The third kappa shape index (κ3) is 5.25. The van der Waals surface area contributed by atoms with E-state index in [0.29, 0.717) is 25.5 Å². The molecule has 1 saturated heterocycles. The van der Waals surface area contributed by atoms with Crippen molar-refractivity contribution >= 4 is 17.5 Å². The van der Waals surface area contributed by atoms with Crippen LogP contribution in [0.5, 0.6) is 5.75 Å². The van der Waals surface area contributed by atoms with Crippen LogP contribution in [-0.4, -0.2) is 50.3 Å². The van der Waals surface area contributed by atoms with Gasteiger partial charge in [-0.05, 0) is 49.2 Å². The molecule has 27 heavy (non-hydrogen) atoms. The van der Waals surface area contributed by atoms with Crippen LogP contribution in [0.1, 0.15) is 22.9 Å². The number of nitrogens with one attached hydrogen (secondary N) is 1. The number of carbonyl (C=O) groups excluding carboxylic acids is 1. The van der Waals surface area contributed by atoms with Gasteiger partial charge in [0.15, 0.2) is 6.61 Å². The second-order valence-corrected chi connectivity index (χ2v) is 7.02. The second-order valence-electron chi connectivity index (χ2n) is 6.64. The summed E-state index contributed by atoms with van der Waals surface area (Å²) in [6, 6.07) is 7.44. The van der Waals surface area contributed by atoms with E-state index in [1.807, 2.05) is 38.1 Å². The third-order valence-electron chi connectivity index (χ3n) is 4.63. The van der Waals surface area contributed by atoms with Gasteiger partial charge < -0.3 is 19.2 Å². The van der Waals surface area contributed by atoms with E-state index in [0.717, 1.165) is 35.0 Å². The summed E-state index contributed by atoms with van der Waals surface area (Å²) in [5.74, 6) is 1.30. The zero-order valence-electron chi connectivity index (χ0n) is 15.7. The van der Waals surface area contributed by atoms with E-state index in [-0.39, 0.29) is 18.6 Å². The Morgan fingerprint density at radius 3 is 2.63 bits per heavy atom. The molecule has 0 aliphatic carbocycles. The molecule has 1 N–H and O–H groups in total. The van der Waals surface area contributed by atoms with Crippen molar-refractivity contribution in [2.24, 2.45) is 0 Å². The highest BCUT2D eigenvalue weighted by atomic mass is 35.5. The predicted octanol–water partition coefficient (Wildman–Crippen LogP) is 3.12. The maximum absolute atomic E-state index is 12.3. The minimum absolute atomic E-state index is 0.0205. The molecule has 0 bridgehead atoms. The van der Waals surface area contributed by atoms with E-state index in [2.05, 4.69) is 10.2 Å². The molecule has 0 unspecified atom stereocenters. The molecule has 0 radical (unpaired) electrons. The Bertz CT molecular complexity index is 734. The average Bonchev–Trinajstić information content (AvgIpc) is 3.20. The molecule has 0 spiro atoms. The van der Waals surface area contributed by atoms with Gasteiger partial charge in [-0.15, -0.1) is 0 Å². The van der Waals surface area contributed by atoms with Crippen molar-refractivity contribution in [3.05, 3.63) is 52.4 Å². The number of aryl methyl sites for hydroxylation is 2. The summed E-state index contributed by atoms with van der Waals surface area (Å²) in [4.78, 5) is 14.5. The number of amides is 1. The van der Waals surface area contributed by atoms with E-state index in [9.17, 15) is 4.79 Å². The summed E-state index contributed by atoms with van der Waals surface area (Å²) in [5.41, 5.74) is 1.86. The number of hydrogen-bond acceptors (Lipinski definition) is 5. The number of hydrogen-bond donors (Lipinski definition) is 1. The van der Waals surface area contributed by atoms with Crippen molar-refractivity contribution in [2.45, 2.75) is 19.9 Å². The minimum atomic E-state index is -0.176. The molecule has 2 aromatic rings. The molecule has 146 valence electrons. The second kappa shape index (κ2) is 9.26. The first kappa shape index (κ1) is 19.7. The Kier molecular flexibility index (Phi) is 6.77. The molecule has 6 nitrogen and oxygen atoms in total. The van der Waals surface area contributed by atoms with Crippen molar-refractivity contribution in [2.75, 3.05) is 39.5 Å². The molecule has 1 atom stereocenters. The SMILES string of the molecule is Cc1cc(OCC(=O)NC[C@H](c2ccco2)N2CCOCC2)cc(C)c1Cl. The molecule has 2 heterocycles. The van der Waals surface area contributed by atoms with Crippen LogP contribution in [0.3, 0.4) is 0 Å². The van der Waals surface area contributed by atoms with Gasteiger partial charge in [0.2, 0.25) is 0 Å². The van der Waals surface area contributed by atoms with Crippen LogP contribution in [0.4, 0.5) is 0 Å². The Morgan fingerprint density at radius 2 is 2.00 bits per heavy atom. The lowest BCUT2D eigenvalue weighted by atomic mass is 10.1. The lowest BCUT2D eigenvalue weighted by Gasteiger charge is -2.33. The van der Waals surface area contributed by atoms with Gasteiger partial charge in [0.25, 0.3) is 5.91 Å². The normalized spacial score (nSPS) is 16.1. The molecule has 1 fully saturated rings. The van der Waals surface area contributed by atoms with E-state index >= 15 is 0 Å². The van der Waals surface area contributed by atoms with E-state index in [1.54, 1.807) is 6.26 Å². The summed E-state index contributed by atoms with van der Waals surface area (Å²) in [5, 5.41) is 3.67. The van der Waals surface area contributed by atoms with Crippen LogP contribution in [0.2, 0.25) is 5.02 Å². The van der Waals surface area contributed by atoms with Gasteiger partial charge in [0, 0.05) is 24.7 Å². The van der Waals surface area contributed by atoms with Crippen LogP contribution in [0, 0.1) is 13.8 Å². The molecule has 7 heteroatoms. The van der Waals surface area contributed by atoms with Crippen LogP contribution in [0.15, 0.2) is 34.9 Å². The van der Waals surface area contributed by atoms with Crippen LogP contribution < -0.4 is 10.1 Å². The number of ether oxygens (including phenoxy) is 2. The van der Waals surface area contributed by atoms with Crippen molar-refractivity contribution < 1.29 is 18.7 Å². The standard InChI is InChI=1S/C20H25ClN2O4/c1-14-10-16(11-15(2)20(14)21)27-13-19(24)22-12-17(18-4-3-7-26-18)23-5-8-25-9-6-23/h3-4,7,10-11,17H,5-6,8-9,12-13H2,1-2H3,(H,22,24)/t17-/m1/s1. The number of halogens is 1. The number of carbonyl (C=O) groups is 1. The third-order valence-corrected chi connectivity index (χ3v) is 5.23. The summed E-state index contributed by atoms with van der Waals surface area (Å²) in [6.07, 6.45) is 1.65. The van der Waals surface area contributed by atoms with Gasteiger partial charge in [-0.25, -0.2) is 0 Å². The first-order chi connectivity index (χ1) is 13.0. The summed E-state index contributed by atoms with van der Waals surface area (Å²) in [7, 11) is 0. The number of morpholine rings is 1. The Balaban J connectivity index is 1.54. The van der Waals surface area contributed by atoms with Crippen molar-refractivity contribution in [3.63, 3.8) is 0 Å². The molecular weight excluding hydrogens is 368 g/mol. The summed E-state index contributed by atoms with van der Waals surface area (Å²) < 4.78 is 16.6. The maximum Gasteiger partial charge on any atom is 0.258 e. The van der Waals surface area contributed by atoms with Crippen molar-refractivity contribution in [1.29, 1.82) is 0 Å². The van der Waals surface area contributed by atoms with E-state index < -0.39 is 0 Å². The van der Waals surface area contributed by atoms with Gasteiger partial charge >= 0.3 is 0 Å². The fourth-order valence-electron chi connectivity index (χ4n) is 3.18. The molecule has 1 aromatic carbocycles. The van der Waals surface area contributed by atoms with Crippen molar-refractivity contribution in [1.82, 2.24) is 10.2 Å². The fourth-order valence-corrected chi connectivity index (χ4v) is 3.29. The zero-order valence-corrected chi connectivity index (χ0v) is 16.4. The highest BCUT2D eigenvalue weighted by molar-refractivity contribution is 6.32. The maximum atomic E-state index is 12.3. The van der Waals surface area contributed by atoms with E-state index in [4.69, 9.17) is 25.5 Å². The molecule has 1 aliphatic rings. The quantitative estimate of drug-likeness (QED) is 0.784. The van der Waals surface area contributed by atoms with Gasteiger partial charge in [0.05, 0.1) is 25.5 Å². The highest BCUT2D eigenvalue weighted by Crippen LogP contribution is 2.26. The van der Waals surface area contributed by atoms with Gasteiger partial charge in [-0.2, -0.15) is 0 Å². The molecule has 1 aromatic heterocycles. The summed E-state index contributed by atoms with van der Waals surface area (Å²) >= 11 is 6.16. The topological polar surface area (TPSA) is 63.9 Å². The largest absolute Gasteiger partial charge is 0.484 e. The van der Waals surface area contributed by atoms with Gasteiger partial charge in [0.1, 0.15) is 11.5 Å². The Labute approximate surface area is 164 Å². The molecular formula is C20H25ClN2O4. The minimum Gasteiger partial charge on any atom is -0.484 e. The molecule has 1 amide bonds. The fraction of sp³-hybridized carbons (Fsp3) is 0.450. The van der Waals surface area contributed by atoms with Gasteiger partial charge in [-0.1, -0.05) is 11.6 Å². The zero-order chi connectivity index (χ0) is 19.2. The van der Waals surface area contributed by atoms with Gasteiger partial charge in [-0.3, -0.25) is 9.69 Å². The average molecular weight is 393 g/mol. The molecule has 3 rings (SSSR count). The van der Waals surface area contributed by atoms with Crippen LogP contribution >= 0.6 is 11.6 Å². The number of rotatable bonds is 7. The van der Waals surface area contributed by atoms with Crippen LogP contribution in [0.25, 0.3) is 0 Å². The monoisotopic (exact) mass is 392 g/mol. The first-order valence-corrected chi connectivity index (χ1v) is 9.44.